The number of likely N-dealkylation sites (tertiary alicyclic amines) is 1. The largest absolute Gasteiger partial charge is 0.484 e. The summed E-state index contributed by atoms with van der Waals surface area (Å²) in [6.07, 6.45) is 6.34. The van der Waals surface area contributed by atoms with Crippen molar-refractivity contribution in [1.29, 1.82) is 0 Å². The summed E-state index contributed by atoms with van der Waals surface area (Å²) in [4.78, 5) is 25.8. The molecule has 0 bridgehead atoms. The van der Waals surface area contributed by atoms with Gasteiger partial charge in [0.25, 0.3) is 5.91 Å². The van der Waals surface area contributed by atoms with E-state index < -0.39 is 0 Å². The fourth-order valence-electron chi connectivity index (χ4n) is 4.05. The maximum absolute atomic E-state index is 12.1. The third-order valence-electron chi connectivity index (χ3n) is 5.75. The van der Waals surface area contributed by atoms with E-state index in [2.05, 4.69) is 17.4 Å². The number of carbonyl (C=O) groups excluding carboxylic acids is 2. The second-order valence-corrected chi connectivity index (χ2v) is 7.94. The molecule has 0 spiro atoms. The van der Waals surface area contributed by atoms with Gasteiger partial charge in [0.2, 0.25) is 5.91 Å². The molecule has 0 atom stereocenters. The third-order valence-corrected chi connectivity index (χ3v) is 5.75. The van der Waals surface area contributed by atoms with E-state index >= 15 is 0 Å². The smallest absolute Gasteiger partial charge is 0.258 e. The molecule has 2 aromatic carbocycles. The van der Waals surface area contributed by atoms with Gasteiger partial charge >= 0.3 is 0 Å². The second kappa shape index (κ2) is 9.12. The van der Waals surface area contributed by atoms with Crippen molar-refractivity contribution in [2.45, 2.75) is 51.6 Å². The van der Waals surface area contributed by atoms with E-state index in [1.54, 1.807) is 0 Å². The molecule has 2 aromatic rings. The average molecular weight is 392 g/mol. The molecule has 1 aliphatic carbocycles. The van der Waals surface area contributed by atoms with Crippen LogP contribution in [0.3, 0.4) is 0 Å². The first kappa shape index (κ1) is 19.5. The molecule has 152 valence electrons. The number of aryl methyl sites for hydroxylation is 2. The van der Waals surface area contributed by atoms with Crippen LogP contribution >= 0.6 is 0 Å². The van der Waals surface area contributed by atoms with Crippen molar-refractivity contribution in [3.8, 4) is 5.75 Å². The minimum Gasteiger partial charge on any atom is -0.484 e. The summed E-state index contributed by atoms with van der Waals surface area (Å²) in [5.74, 6) is 0.872. The van der Waals surface area contributed by atoms with Crippen molar-refractivity contribution in [3.05, 3.63) is 64.7 Å². The number of ether oxygens (including phenoxy) is 1. The minimum absolute atomic E-state index is 0.0218. The van der Waals surface area contributed by atoms with Gasteiger partial charge in [-0.2, -0.15) is 0 Å². The highest BCUT2D eigenvalue weighted by Crippen LogP contribution is 2.25. The van der Waals surface area contributed by atoms with Crippen molar-refractivity contribution >= 4 is 11.8 Å². The van der Waals surface area contributed by atoms with E-state index in [-0.39, 0.29) is 18.4 Å². The topological polar surface area (TPSA) is 58.6 Å². The van der Waals surface area contributed by atoms with Gasteiger partial charge < -0.3 is 15.0 Å². The molecule has 2 aliphatic rings. The van der Waals surface area contributed by atoms with Crippen LogP contribution in [0.15, 0.2) is 42.5 Å². The van der Waals surface area contributed by atoms with Crippen molar-refractivity contribution in [1.82, 2.24) is 10.2 Å². The summed E-state index contributed by atoms with van der Waals surface area (Å²) >= 11 is 0. The molecule has 2 amide bonds. The van der Waals surface area contributed by atoms with Gasteiger partial charge in [-0.15, -0.1) is 0 Å². The number of nitrogens with one attached hydrogen (secondary N) is 1. The summed E-state index contributed by atoms with van der Waals surface area (Å²) in [6.45, 7) is 2.00. The zero-order valence-electron chi connectivity index (χ0n) is 16.8. The third kappa shape index (κ3) is 5.17. The SMILES string of the molecule is O=C(COc1ccc2c(c1)CCCC2)NCc1ccc(CN2CCCC2=O)cc1. The number of fused-ring (bicyclic) bond motifs is 1. The fourth-order valence-corrected chi connectivity index (χ4v) is 4.05. The molecule has 1 saturated heterocycles. The van der Waals surface area contributed by atoms with Crippen LogP contribution in [0.5, 0.6) is 5.75 Å². The summed E-state index contributed by atoms with van der Waals surface area (Å²) in [5.41, 5.74) is 4.91. The predicted molar refractivity (Wildman–Crippen MR) is 112 cm³/mol. The lowest BCUT2D eigenvalue weighted by atomic mass is 9.92. The van der Waals surface area contributed by atoms with Gasteiger partial charge in [-0.1, -0.05) is 30.3 Å². The van der Waals surface area contributed by atoms with E-state index in [9.17, 15) is 9.59 Å². The molecule has 4 rings (SSSR count). The number of hydrogen-bond donors (Lipinski definition) is 1. The molecule has 1 heterocycles. The normalized spacial score (nSPS) is 15.9. The quantitative estimate of drug-likeness (QED) is 0.786. The van der Waals surface area contributed by atoms with Gasteiger partial charge in [-0.3, -0.25) is 9.59 Å². The molecule has 1 N–H and O–H groups in total. The van der Waals surface area contributed by atoms with Gasteiger partial charge in [-0.05, 0) is 66.5 Å². The number of hydrogen-bond acceptors (Lipinski definition) is 3. The van der Waals surface area contributed by atoms with Crippen LogP contribution in [0.2, 0.25) is 0 Å². The molecule has 29 heavy (non-hydrogen) atoms. The Kier molecular flexibility index (Phi) is 6.13. The van der Waals surface area contributed by atoms with Gasteiger partial charge in [0.05, 0.1) is 0 Å². The Balaban J connectivity index is 1.21. The highest BCUT2D eigenvalue weighted by molar-refractivity contribution is 5.78. The average Bonchev–Trinajstić information content (AvgIpc) is 3.16. The zero-order valence-corrected chi connectivity index (χ0v) is 16.8. The standard InChI is InChI=1S/C24H28N2O3/c27-23(17-29-22-12-11-20-4-1-2-5-21(20)14-22)25-15-18-7-9-19(10-8-18)16-26-13-3-6-24(26)28/h7-12,14H,1-6,13,15-17H2,(H,25,27). The van der Waals surface area contributed by atoms with E-state index in [4.69, 9.17) is 4.74 Å². The van der Waals surface area contributed by atoms with Crippen LogP contribution < -0.4 is 10.1 Å². The molecule has 0 radical (unpaired) electrons. The number of rotatable bonds is 7. The van der Waals surface area contributed by atoms with Crippen molar-refractivity contribution < 1.29 is 14.3 Å². The maximum Gasteiger partial charge on any atom is 0.258 e. The van der Waals surface area contributed by atoms with Crippen LogP contribution in [0.4, 0.5) is 0 Å². The molecule has 1 aliphatic heterocycles. The first-order valence-electron chi connectivity index (χ1n) is 10.5. The zero-order chi connectivity index (χ0) is 20.1. The van der Waals surface area contributed by atoms with E-state index in [0.717, 1.165) is 42.7 Å². The van der Waals surface area contributed by atoms with Crippen LogP contribution in [-0.2, 0) is 35.5 Å². The minimum atomic E-state index is -0.130. The molecule has 0 unspecified atom stereocenters. The lowest BCUT2D eigenvalue weighted by molar-refractivity contribution is -0.128. The molecule has 0 saturated carbocycles. The second-order valence-electron chi connectivity index (χ2n) is 7.94. The Bertz CT molecular complexity index is 876. The molecular weight excluding hydrogens is 364 g/mol. The van der Waals surface area contributed by atoms with Gasteiger partial charge in [-0.25, -0.2) is 0 Å². The number of nitrogens with zero attached hydrogens (tertiary/aromatic N) is 1. The maximum atomic E-state index is 12.1. The van der Waals surface area contributed by atoms with Crippen LogP contribution in [0.25, 0.3) is 0 Å². The number of carbonyl (C=O) groups is 2. The molecule has 5 nitrogen and oxygen atoms in total. The number of amides is 2. The Morgan fingerprint density at radius 1 is 0.931 bits per heavy atom. The summed E-state index contributed by atoms with van der Waals surface area (Å²) < 4.78 is 5.68. The molecular formula is C24H28N2O3. The Labute approximate surface area is 172 Å². The highest BCUT2D eigenvalue weighted by Gasteiger charge is 2.19. The summed E-state index contributed by atoms with van der Waals surface area (Å²) in [5, 5.41) is 2.90. The van der Waals surface area contributed by atoms with Crippen molar-refractivity contribution in [3.63, 3.8) is 0 Å². The number of benzene rings is 2. The van der Waals surface area contributed by atoms with Gasteiger partial charge in [0.1, 0.15) is 5.75 Å². The van der Waals surface area contributed by atoms with Gasteiger partial charge in [0.15, 0.2) is 6.61 Å². The van der Waals surface area contributed by atoms with E-state index in [1.807, 2.05) is 35.2 Å². The summed E-state index contributed by atoms with van der Waals surface area (Å²) in [7, 11) is 0. The fraction of sp³-hybridized carbons (Fsp3) is 0.417. The lowest BCUT2D eigenvalue weighted by Gasteiger charge is -2.17. The van der Waals surface area contributed by atoms with Crippen molar-refractivity contribution in [2.75, 3.05) is 13.2 Å². The van der Waals surface area contributed by atoms with Crippen LogP contribution in [-0.4, -0.2) is 29.9 Å². The highest BCUT2D eigenvalue weighted by atomic mass is 16.5. The lowest BCUT2D eigenvalue weighted by Crippen LogP contribution is -2.28. The van der Waals surface area contributed by atoms with Crippen molar-refractivity contribution in [2.24, 2.45) is 0 Å². The van der Waals surface area contributed by atoms with Crippen LogP contribution in [0, 0.1) is 0 Å². The van der Waals surface area contributed by atoms with Gasteiger partial charge in [0, 0.05) is 26.1 Å². The van der Waals surface area contributed by atoms with Crippen LogP contribution in [0.1, 0.15) is 47.9 Å². The Morgan fingerprint density at radius 2 is 1.69 bits per heavy atom. The first-order chi connectivity index (χ1) is 14.2. The monoisotopic (exact) mass is 392 g/mol. The molecule has 0 aromatic heterocycles. The molecule has 5 heteroatoms. The summed E-state index contributed by atoms with van der Waals surface area (Å²) in [6, 6.07) is 14.2. The Morgan fingerprint density at radius 3 is 2.45 bits per heavy atom. The van der Waals surface area contributed by atoms with E-state index in [1.165, 1.54) is 24.0 Å². The molecule has 1 fully saturated rings. The first-order valence-corrected chi connectivity index (χ1v) is 10.5. The Hall–Kier alpha value is -2.82. The van der Waals surface area contributed by atoms with E-state index in [0.29, 0.717) is 19.5 Å². The predicted octanol–water partition coefficient (Wildman–Crippen LogP) is 3.38.